The number of rotatable bonds is 6. The number of nitrogens with zero attached hydrogens (tertiary/aromatic N) is 2. The maximum absolute atomic E-state index is 13.2. The van der Waals surface area contributed by atoms with E-state index >= 15 is 0 Å². The lowest BCUT2D eigenvalue weighted by Crippen LogP contribution is -2.44. The lowest BCUT2D eigenvalue weighted by atomic mass is 10.1. The van der Waals surface area contributed by atoms with Crippen LogP contribution in [-0.4, -0.2) is 41.6 Å². The number of ether oxygens (including phenoxy) is 2. The third-order valence-electron chi connectivity index (χ3n) is 5.52. The Hall–Kier alpha value is -3.67. The number of fused-ring (bicyclic) bond motifs is 1. The molecule has 0 bridgehead atoms. The molecule has 1 saturated carbocycles. The largest absolute Gasteiger partial charge is 0.494 e. The minimum atomic E-state index is -4.65. The second-order valence-electron chi connectivity index (χ2n) is 7.95. The molecule has 1 fully saturated rings. The van der Waals surface area contributed by atoms with Gasteiger partial charge in [-0.2, -0.15) is 13.2 Å². The van der Waals surface area contributed by atoms with Crippen molar-refractivity contribution in [3.8, 4) is 17.2 Å². The summed E-state index contributed by atoms with van der Waals surface area (Å²) in [7, 11) is 2.54. The van der Waals surface area contributed by atoms with Crippen LogP contribution in [0.1, 0.15) is 47.7 Å². The van der Waals surface area contributed by atoms with Gasteiger partial charge in [-0.1, -0.05) is 0 Å². The molecule has 2 heterocycles. The van der Waals surface area contributed by atoms with Crippen molar-refractivity contribution in [3.05, 3.63) is 41.4 Å². The molecule has 12 heteroatoms. The number of alkyl halides is 3. The van der Waals surface area contributed by atoms with Gasteiger partial charge in [0.25, 0.3) is 5.91 Å². The van der Waals surface area contributed by atoms with Gasteiger partial charge in [0.2, 0.25) is 5.89 Å². The van der Waals surface area contributed by atoms with Gasteiger partial charge in [-0.25, -0.2) is 14.8 Å². The molecule has 0 aliphatic heterocycles. The lowest BCUT2D eigenvalue weighted by molar-refractivity contribution is -0.144. The minimum absolute atomic E-state index is 0.0467. The number of carbonyl (C=O) groups is 2. The molecular weight excluding hydrogens is 457 g/mol. The second-order valence-corrected chi connectivity index (χ2v) is 7.95. The van der Waals surface area contributed by atoms with Gasteiger partial charge in [0, 0.05) is 10.9 Å². The van der Waals surface area contributed by atoms with E-state index in [9.17, 15) is 22.8 Å². The third-order valence-corrected chi connectivity index (χ3v) is 5.52. The first kappa shape index (κ1) is 23.5. The first-order valence-corrected chi connectivity index (χ1v) is 10.2. The molecular formula is C22H21F3N4O5. The number of pyridine rings is 1. The van der Waals surface area contributed by atoms with E-state index in [1.165, 1.54) is 32.4 Å². The van der Waals surface area contributed by atoms with Crippen molar-refractivity contribution in [1.29, 1.82) is 0 Å². The first-order valence-electron chi connectivity index (χ1n) is 10.2. The molecule has 9 nitrogen and oxygen atoms in total. The number of oxazole rings is 1. The van der Waals surface area contributed by atoms with E-state index in [0.29, 0.717) is 12.8 Å². The van der Waals surface area contributed by atoms with Crippen LogP contribution in [-0.2, 0) is 15.7 Å². The summed E-state index contributed by atoms with van der Waals surface area (Å²) >= 11 is 0. The summed E-state index contributed by atoms with van der Waals surface area (Å²) in [4.78, 5) is 33.0. The van der Waals surface area contributed by atoms with Gasteiger partial charge in [-0.3, -0.25) is 4.79 Å². The second kappa shape index (κ2) is 8.28. The number of hydrogen-bond acceptors (Lipinski definition) is 8. The number of benzene rings is 1. The highest BCUT2D eigenvalue weighted by molar-refractivity contribution is 6.00. The van der Waals surface area contributed by atoms with Crippen molar-refractivity contribution in [2.24, 2.45) is 5.73 Å². The van der Waals surface area contributed by atoms with Crippen LogP contribution in [0.15, 0.2) is 28.7 Å². The smallest absolute Gasteiger partial charge is 0.433 e. The molecule has 0 spiro atoms. The van der Waals surface area contributed by atoms with E-state index in [4.69, 9.17) is 19.6 Å². The predicted octanol–water partition coefficient (Wildman–Crippen LogP) is 3.37. The van der Waals surface area contributed by atoms with Crippen molar-refractivity contribution in [3.63, 3.8) is 0 Å². The number of nitrogens with two attached hydrogens (primary N) is 1. The Morgan fingerprint density at radius 1 is 1.18 bits per heavy atom. The SMILES string of the molecule is COC(=O)C1(NC(=O)c2nc(-c3ccc(OC)c4nc(C(F)(F)F)ccc34)oc2[C@H](C)N)CC1. The number of amides is 1. The fraction of sp³-hybridized carbons (Fsp3) is 0.364. The summed E-state index contributed by atoms with van der Waals surface area (Å²) in [5, 5.41) is 2.89. The van der Waals surface area contributed by atoms with Crippen LogP contribution >= 0.6 is 0 Å². The standard InChI is InChI=1S/C22H21F3N4O5/c1-10(26)17-16(18(30)29-21(8-9-21)20(31)33-3)28-19(34-17)12-4-6-13(32-2)15-11(12)5-7-14(27-15)22(23,24)25/h4-7,10H,8-9,26H2,1-3H3,(H,29,30)/t10-/m0/s1. The van der Waals surface area contributed by atoms with E-state index in [2.05, 4.69) is 15.3 Å². The van der Waals surface area contributed by atoms with E-state index in [1.807, 2.05) is 0 Å². The van der Waals surface area contributed by atoms with Crippen LogP contribution in [0.4, 0.5) is 13.2 Å². The average Bonchev–Trinajstić information content (AvgIpc) is 3.43. The van der Waals surface area contributed by atoms with Crippen molar-refractivity contribution >= 4 is 22.8 Å². The topological polar surface area (TPSA) is 130 Å². The zero-order chi connectivity index (χ0) is 24.8. The summed E-state index contributed by atoms with van der Waals surface area (Å²) in [6, 6.07) is 4.29. The molecule has 1 aliphatic rings. The quantitative estimate of drug-likeness (QED) is 0.516. The van der Waals surface area contributed by atoms with Crippen molar-refractivity contribution in [1.82, 2.24) is 15.3 Å². The average molecular weight is 478 g/mol. The van der Waals surface area contributed by atoms with Gasteiger partial charge in [-0.05, 0) is 44.0 Å². The number of nitrogens with one attached hydrogen (secondary N) is 1. The normalized spacial score (nSPS) is 15.6. The van der Waals surface area contributed by atoms with E-state index < -0.39 is 35.3 Å². The molecule has 0 saturated heterocycles. The summed E-state index contributed by atoms with van der Waals surface area (Å²) in [5.41, 5.74) is 3.86. The molecule has 3 aromatic rings. The Morgan fingerprint density at radius 2 is 1.88 bits per heavy atom. The van der Waals surface area contributed by atoms with Crippen LogP contribution in [0.2, 0.25) is 0 Å². The zero-order valence-corrected chi connectivity index (χ0v) is 18.4. The molecule has 4 rings (SSSR count). The highest BCUT2D eigenvalue weighted by Crippen LogP contribution is 2.39. The van der Waals surface area contributed by atoms with E-state index in [0.717, 1.165) is 6.07 Å². The Bertz CT molecular complexity index is 1280. The molecule has 1 aromatic carbocycles. The summed E-state index contributed by atoms with van der Waals surface area (Å²) in [6.45, 7) is 1.58. The molecule has 180 valence electrons. The molecule has 3 N–H and O–H groups in total. The fourth-order valence-electron chi connectivity index (χ4n) is 3.60. The Labute approximate surface area is 191 Å². The number of methoxy groups -OCH3 is 2. The van der Waals surface area contributed by atoms with Gasteiger partial charge in [-0.15, -0.1) is 0 Å². The van der Waals surface area contributed by atoms with Crippen molar-refractivity contribution < 1.29 is 36.7 Å². The lowest BCUT2D eigenvalue weighted by Gasteiger charge is -2.14. The van der Waals surface area contributed by atoms with Crippen molar-refractivity contribution in [2.45, 2.75) is 37.5 Å². The van der Waals surface area contributed by atoms with Crippen LogP contribution in [0, 0.1) is 0 Å². The highest BCUT2D eigenvalue weighted by atomic mass is 19.4. The predicted molar refractivity (Wildman–Crippen MR) is 113 cm³/mol. The highest BCUT2D eigenvalue weighted by Gasteiger charge is 2.53. The molecule has 34 heavy (non-hydrogen) atoms. The Kier molecular flexibility index (Phi) is 5.72. The fourth-order valence-corrected chi connectivity index (χ4v) is 3.60. The Morgan fingerprint density at radius 3 is 2.44 bits per heavy atom. The molecule has 1 aliphatic carbocycles. The van der Waals surface area contributed by atoms with Crippen LogP contribution in [0.25, 0.3) is 22.4 Å². The molecule has 1 atom stereocenters. The number of halogens is 3. The number of aromatic nitrogens is 2. The minimum Gasteiger partial charge on any atom is -0.494 e. The summed E-state index contributed by atoms with van der Waals surface area (Å²) in [6.07, 6.45) is -3.82. The molecule has 2 aromatic heterocycles. The Balaban J connectivity index is 1.80. The molecule has 0 radical (unpaired) electrons. The van der Waals surface area contributed by atoms with E-state index in [1.54, 1.807) is 6.92 Å². The number of hydrogen-bond donors (Lipinski definition) is 2. The summed E-state index contributed by atoms with van der Waals surface area (Å²) < 4.78 is 55.3. The molecule has 1 amide bonds. The van der Waals surface area contributed by atoms with Crippen LogP contribution < -0.4 is 15.8 Å². The zero-order valence-electron chi connectivity index (χ0n) is 18.4. The molecule has 0 unspecified atom stereocenters. The van der Waals surface area contributed by atoms with Crippen LogP contribution in [0.3, 0.4) is 0 Å². The van der Waals surface area contributed by atoms with Gasteiger partial charge in [0.15, 0.2) is 11.5 Å². The summed E-state index contributed by atoms with van der Waals surface area (Å²) in [5.74, 6) is -1.12. The monoisotopic (exact) mass is 478 g/mol. The third kappa shape index (κ3) is 4.04. The van der Waals surface area contributed by atoms with Crippen molar-refractivity contribution in [2.75, 3.05) is 14.2 Å². The van der Waals surface area contributed by atoms with E-state index in [-0.39, 0.29) is 39.6 Å². The maximum Gasteiger partial charge on any atom is 0.433 e. The van der Waals surface area contributed by atoms with Gasteiger partial charge in [0.05, 0.1) is 20.3 Å². The first-order chi connectivity index (χ1) is 16.0. The van der Waals surface area contributed by atoms with Gasteiger partial charge < -0.3 is 24.9 Å². The number of esters is 1. The van der Waals surface area contributed by atoms with Gasteiger partial charge >= 0.3 is 12.1 Å². The van der Waals surface area contributed by atoms with Gasteiger partial charge in [0.1, 0.15) is 22.5 Å². The maximum atomic E-state index is 13.2. The number of carbonyl (C=O) groups excluding carboxylic acids is 2. The van der Waals surface area contributed by atoms with Crippen LogP contribution in [0.5, 0.6) is 5.75 Å².